The molecule has 0 saturated carbocycles. The van der Waals surface area contributed by atoms with Crippen LogP contribution in [0.15, 0.2) is 42.5 Å². The quantitative estimate of drug-likeness (QED) is 0.819. The average molecular weight is 341 g/mol. The molecule has 0 bridgehead atoms. The summed E-state index contributed by atoms with van der Waals surface area (Å²) in [4.78, 5) is 24.1. The summed E-state index contributed by atoms with van der Waals surface area (Å²) >= 11 is 0. The lowest BCUT2D eigenvalue weighted by Crippen LogP contribution is -2.31. The van der Waals surface area contributed by atoms with E-state index in [1.54, 1.807) is 24.3 Å². The Morgan fingerprint density at radius 3 is 2.48 bits per heavy atom. The number of carbonyl (C=O) groups excluding carboxylic acids is 2. The number of aryl methyl sites for hydroxylation is 2. The van der Waals surface area contributed by atoms with Crippen molar-refractivity contribution in [2.45, 2.75) is 26.8 Å². The van der Waals surface area contributed by atoms with Crippen molar-refractivity contribution >= 4 is 11.9 Å². The van der Waals surface area contributed by atoms with Crippen LogP contribution in [0.2, 0.25) is 0 Å². The largest absolute Gasteiger partial charge is 0.496 e. The van der Waals surface area contributed by atoms with Crippen molar-refractivity contribution in [1.82, 2.24) is 5.32 Å². The minimum absolute atomic E-state index is 0.170. The summed E-state index contributed by atoms with van der Waals surface area (Å²) in [6.45, 7) is 5.62. The molecular formula is C20H23NO4. The number of esters is 1. The molecule has 0 saturated heterocycles. The van der Waals surface area contributed by atoms with Gasteiger partial charge < -0.3 is 14.8 Å². The van der Waals surface area contributed by atoms with Gasteiger partial charge in [-0.05, 0) is 49.6 Å². The van der Waals surface area contributed by atoms with Crippen molar-refractivity contribution < 1.29 is 19.1 Å². The molecule has 0 radical (unpaired) electrons. The Morgan fingerprint density at radius 1 is 1.08 bits per heavy atom. The van der Waals surface area contributed by atoms with Crippen LogP contribution in [0.5, 0.6) is 5.75 Å². The van der Waals surface area contributed by atoms with Crippen molar-refractivity contribution in [1.29, 1.82) is 0 Å². The molecule has 5 nitrogen and oxygen atoms in total. The van der Waals surface area contributed by atoms with Crippen LogP contribution >= 0.6 is 0 Å². The second-order valence-corrected chi connectivity index (χ2v) is 5.91. The van der Waals surface area contributed by atoms with Crippen LogP contribution < -0.4 is 10.1 Å². The number of rotatable bonds is 6. The van der Waals surface area contributed by atoms with Gasteiger partial charge in [-0.2, -0.15) is 0 Å². The van der Waals surface area contributed by atoms with Gasteiger partial charge in [0.1, 0.15) is 11.3 Å². The van der Waals surface area contributed by atoms with Gasteiger partial charge in [0.2, 0.25) is 0 Å². The third-order valence-electron chi connectivity index (χ3n) is 4.07. The molecule has 0 aliphatic carbocycles. The maximum atomic E-state index is 12.1. The molecule has 0 aliphatic rings. The predicted octanol–water partition coefficient (Wildman–Crippen LogP) is 3.35. The van der Waals surface area contributed by atoms with Gasteiger partial charge >= 0.3 is 5.97 Å². The number of methoxy groups -OCH3 is 1. The van der Waals surface area contributed by atoms with Crippen molar-refractivity contribution in [3.05, 3.63) is 64.7 Å². The van der Waals surface area contributed by atoms with Crippen molar-refractivity contribution in [3.63, 3.8) is 0 Å². The first-order chi connectivity index (χ1) is 11.9. The first-order valence-corrected chi connectivity index (χ1v) is 8.09. The normalized spacial score (nSPS) is 11.5. The van der Waals surface area contributed by atoms with Gasteiger partial charge in [0.15, 0.2) is 6.61 Å². The number of hydrogen-bond acceptors (Lipinski definition) is 4. The van der Waals surface area contributed by atoms with E-state index >= 15 is 0 Å². The molecule has 1 unspecified atom stereocenters. The van der Waals surface area contributed by atoms with E-state index in [2.05, 4.69) is 5.32 Å². The van der Waals surface area contributed by atoms with Gasteiger partial charge in [-0.3, -0.25) is 4.79 Å². The van der Waals surface area contributed by atoms with Crippen LogP contribution in [-0.4, -0.2) is 25.6 Å². The fourth-order valence-electron chi connectivity index (χ4n) is 2.42. The van der Waals surface area contributed by atoms with E-state index in [4.69, 9.17) is 9.47 Å². The Hall–Kier alpha value is -2.82. The lowest BCUT2D eigenvalue weighted by Gasteiger charge is -2.16. The van der Waals surface area contributed by atoms with E-state index in [9.17, 15) is 9.59 Å². The maximum absolute atomic E-state index is 12.1. The average Bonchev–Trinajstić information content (AvgIpc) is 2.61. The van der Waals surface area contributed by atoms with Gasteiger partial charge in [-0.15, -0.1) is 0 Å². The molecule has 1 atom stereocenters. The summed E-state index contributed by atoms with van der Waals surface area (Å²) in [5, 5.41) is 2.83. The van der Waals surface area contributed by atoms with Crippen molar-refractivity contribution in [3.8, 4) is 5.75 Å². The molecule has 0 aliphatic heterocycles. The molecule has 1 amide bonds. The van der Waals surface area contributed by atoms with Crippen LogP contribution in [-0.2, 0) is 9.53 Å². The van der Waals surface area contributed by atoms with E-state index in [1.165, 1.54) is 18.2 Å². The van der Waals surface area contributed by atoms with Gasteiger partial charge in [0.25, 0.3) is 5.91 Å². The summed E-state index contributed by atoms with van der Waals surface area (Å²) in [6, 6.07) is 12.6. The maximum Gasteiger partial charge on any atom is 0.342 e. The Balaban J connectivity index is 1.91. The summed E-state index contributed by atoms with van der Waals surface area (Å²) in [6.07, 6.45) is 0. The molecule has 1 N–H and O–H groups in total. The van der Waals surface area contributed by atoms with Crippen LogP contribution in [0.3, 0.4) is 0 Å². The first-order valence-electron chi connectivity index (χ1n) is 8.09. The highest BCUT2D eigenvalue weighted by atomic mass is 16.5. The molecule has 0 spiro atoms. The van der Waals surface area contributed by atoms with Gasteiger partial charge in [-0.1, -0.05) is 30.3 Å². The third-order valence-corrected chi connectivity index (χ3v) is 4.07. The molecule has 0 aromatic heterocycles. The first kappa shape index (κ1) is 18.5. The van der Waals surface area contributed by atoms with Crippen LogP contribution in [0.1, 0.15) is 40.0 Å². The van der Waals surface area contributed by atoms with Crippen LogP contribution in [0.25, 0.3) is 0 Å². The summed E-state index contributed by atoms with van der Waals surface area (Å²) < 4.78 is 10.2. The van der Waals surface area contributed by atoms with E-state index < -0.39 is 5.97 Å². The summed E-state index contributed by atoms with van der Waals surface area (Å²) in [5.74, 6) is -0.531. The molecule has 5 heteroatoms. The molecule has 132 valence electrons. The molecule has 0 heterocycles. The fourth-order valence-corrected chi connectivity index (χ4v) is 2.42. The fraction of sp³-hybridized carbons (Fsp3) is 0.300. The monoisotopic (exact) mass is 341 g/mol. The van der Waals surface area contributed by atoms with Crippen molar-refractivity contribution in [2.24, 2.45) is 0 Å². The Bertz CT molecular complexity index is 770. The minimum Gasteiger partial charge on any atom is -0.496 e. The Morgan fingerprint density at radius 2 is 1.80 bits per heavy atom. The zero-order valence-electron chi connectivity index (χ0n) is 15.0. The van der Waals surface area contributed by atoms with Gasteiger partial charge in [-0.25, -0.2) is 4.79 Å². The minimum atomic E-state index is -0.591. The lowest BCUT2D eigenvalue weighted by atomic mass is 10.0. The SMILES string of the molecule is COc1ccccc1C(=O)OCC(=O)NC(C)c1ccc(C)c(C)c1. The van der Waals surface area contributed by atoms with Crippen LogP contribution in [0, 0.1) is 13.8 Å². The number of amides is 1. The highest BCUT2D eigenvalue weighted by Gasteiger charge is 2.16. The zero-order chi connectivity index (χ0) is 18.4. The van der Waals surface area contributed by atoms with Crippen molar-refractivity contribution in [2.75, 3.05) is 13.7 Å². The molecular weight excluding hydrogens is 318 g/mol. The number of ether oxygens (including phenoxy) is 2. The predicted molar refractivity (Wildman–Crippen MR) is 95.8 cm³/mol. The van der Waals surface area contributed by atoms with Gasteiger partial charge in [0.05, 0.1) is 13.2 Å². The summed E-state index contributed by atoms with van der Waals surface area (Å²) in [5.41, 5.74) is 3.67. The smallest absolute Gasteiger partial charge is 0.342 e. The highest BCUT2D eigenvalue weighted by Crippen LogP contribution is 2.19. The van der Waals surface area contributed by atoms with E-state index in [1.807, 2.05) is 39.0 Å². The number of hydrogen-bond donors (Lipinski definition) is 1. The van der Waals surface area contributed by atoms with E-state index in [-0.39, 0.29) is 18.6 Å². The second kappa shape index (κ2) is 8.33. The topological polar surface area (TPSA) is 64.6 Å². The standard InChI is InChI=1S/C20H23NO4/c1-13-9-10-16(11-14(13)2)15(3)21-19(22)12-25-20(23)17-7-5-6-8-18(17)24-4/h5-11,15H,12H2,1-4H3,(H,21,22). The zero-order valence-corrected chi connectivity index (χ0v) is 15.0. The number of carbonyl (C=O) groups is 2. The number of nitrogens with one attached hydrogen (secondary N) is 1. The number of benzene rings is 2. The molecule has 2 aromatic rings. The molecule has 2 aromatic carbocycles. The molecule has 0 fully saturated rings. The molecule has 2 rings (SSSR count). The summed E-state index contributed by atoms with van der Waals surface area (Å²) in [7, 11) is 1.48. The van der Waals surface area contributed by atoms with E-state index in [0.29, 0.717) is 11.3 Å². The Kier molecular flexibility index (Phi) is 6.17. The third kappa shape index (κ3) is 4.83. The number of para-hydroxylation sites is 1. The molecule has 25 heavy (non-hydrogen) atoms. The van der Waals surface area contributed by atoms with E-state index in [0.717, 1.165) is 5.56 Å². The second-order valence-electron chi connectivity index (χ2n) is 5.91. The Labute approximate surface area is 148 Å². The van der Waals surface area contributed by atoms with Gasteiger partial charge in [0, 0.05) is 0 Å². The lowest BCUT2D eigenvalue weighted by molar-refractivity contribution is -0.124. The highest BCUT2D eigenvalue weighted by molar-refractivity contribution is 5.94. The van der Waals surface area contributed by atoms with Crippen LogP contribution in [0.4, 0.5) is 0 Å².